The van der Waals surface area contributed by atoms with E-state index in [0.29, 0.717) is 17.1 Å². The summed E-state index contributed by atoms with van der Waals surface area (Å²) in [5, 5.41) is 20.0. The summed E-state index contributed by atoms with van der Waals surface area (Å²) in [5.41, 5.74) is 1.93. The molecule has 8 heteroatoms. The van der Waals surface area contributed by atoms with Crippen LogP contribution in [0.3, 0.4) is 0 Å². The molecule has 0 aliphatic rings. The van der Waals surface area contributed by atoms with Crippen LogP contribution in [0.25, 0.3) is 5.69 Å². The molecule has 3 aromatic rings. The maximum atomic E-state index is 11.0. The van der Waals surface area contributed by atoms with Crippen molar-refractivity contribution < 1.29 is 19.6 Å². The molecule has 0 spiro atoms. The molecular weight excluding hydrogens is 350 g/mol. The van der Waals surface area contributed by atoms with Crippen molar-refractivity contribution in [2.45, 2.75) is 0 Å². The largest absolute Gasteiger partial charge is 0.494 e. The average molecular weight is 365 g/mol. The molecule has 0 aliphatic carbocycles. The van der Waals surface area contributed by atoms with Gasteiger partial charge in [0.25, 0.3) is 5.69 Å². The molecule has 0 radical (unpaired) electrons. The first-order valence-corrected chi connectivity index (χ1v) is 7.87. The molecule has 1 aromatic heterocycles. The monoisotopic (exact) mass is 365 g/mol. The van der Waals surface area contributed by atoms with Crippen molar-refractivity contribution in [3.63, 3.8) is 0 Å². The number of methoxy groups -OCH3 is 1. The zero-order valence-corrected chi connectivity index (χ0v) is 14.3. The van der Waals surface area contributed by atoms with E-state index in [1.54, 1.807) is 18.3 Å². The Kier molecular flexibility index (Phi) is 4.98. The summed E-state index contributed by atoms with van der Waals surface area (Å²) in [5.74, 6) is -0.575. The minimum atomic E-state index is -0.992. The quantitative estimate of drug-likeness (QED) is 0.406. The summed E-state index contributed by atoms with van der Waals surface area (Å²) in [6, 6.07) is 14.2. The summed E-state index contributed by atoms with van der Waals surface area (Å²) >= 11 is 0. The number of carboxylic acid groups (broad SMARTS) is 1. The molecule has 0 saturated carbocycles. The molecular formula is C19H15N3O5. The number of carbonyl (C=O) groups is 1. The van der Waals surface area contributed by atoms with E-state index in [1.165, 1.54) is 37.4 Å². The number of benzene rings is 2. The van der Waals surface area contributed by atoms with Crippen LogP contribution >= 0.6 is 0 Å². The maximum Gasteiger partial charge on any atom is 0.335 e. The van der Waals surface area contributed by atoms with E-state index < -0.39 is 10.9 Å². The van der Waals surface area contributed by atoms with Crippen LogP contribution in [0.4, 0.5) is 11.4 Å². The van der Waals surface area contributed by atoms with Crippen LogP contribution in [0.1, 0.15) is 16.1 Å². The molecule has 1 heterocycles. The third-order valence-electron chi connectivity index (χ3n) is 3.88. The Balaban J connectivity index is 1.94. The molecule has 0 amide bonds. The van der Waals surface area contributed by atoms with Crippen LogP contribution < -0.4 is 4.74 Å². The van der Waals surface area contributed by atoms with Gasteiger partial charge in [0, 0.05) is 24.0 Å². The van der Waals surface area contributed by atoms with E-state index in [1.807, 2.05) is 22.9 Å². The van der Waals surface area contributed by atoms with Gasteiger partial charge in [-0.15, -0.1) is 0 Å². The van der Waals surface area contributed by atoms with Crippen LogP contribution in [-0.4, -0.2) is 33.9 Å². The Morgan fingerprint density at radius 3 is 2.59 bits per heavy atom. The normalized spacial score (nSPS) is 10.9. The molecule has 0 atom stereocenters. The van der Waals surface area contributed by atoms with Crippen LogP contribution in [0.15, 0.2) is 65.8 Å². The van der Waals surface area contributed by atoms with E-state index in [4.69, 9.17) is 9.84 Å². The molecule has 27 heavy (non-hydrogen) atoms. The van der Waals surface area contributed by atoms with Gasteiger partial charge in [0.15, 0.2) is 0 Å². The van der Waals surface area contributed by atoms with E-state index in [-0.39, 0.29) is 11.3 Å². The Labute approximate surface area is 154 Å². The number of nitro benzene ring substituents is 1. The summed E-state index contributed by atoms with van der Waals surface area (Å²) in [7, 11) is 1.47. The van der Waals surface area contributed by atoms with Gasteiger partial charge in [0.1, 0.15) is 11.4 Å². The zero-order valence-electron chi connectivity index (χ0n) is 14.3. The van der Waals surface area contributed by atoms with Crippen molar-refractivity contribution in [2.24, 2.45) is 4.99 Å². The Hall–Kier alpha value is -3.94. The molecule has 8 nitrogen and oxygen atoms in total. The van der Waals surface area contributed by atoms with Gasteiger partial charge in [-0.25, -0.2) is 4.79 Å². The highest BCUT2D eigenvalue weighted by atomic mass is 16.6. The molecule has 3 rings (SSSR count). The van der Waals surface area contributed by atoms with Crippen LogP contribution in [0.2, 0.25) is 0 Å². The number of rotatable bonds is 6. The van der Waals surface area contributed by atoms with Crippen molar-refractivity contribution in [2.75, 3.05) is 7.11 Å². The summed E-state index contributed by atoms with van der Waals surface area (Å²) in [6.07, 6.45) is 3.37. The lowest BCUT2D eigenvalue weighted by Crippen LogP contribution is -2.00. The van der Waals surface area contributed by atoms with Crippen molar-refractivity contribution in [1.29, 1.82) is 0 Å². The molecule has 0 unspecified atom stereocenters. The lowest BCUT2D eigenvalue weighted by Gasteiger charge is -2.07. The smallest absolute Gasteiger partial charge is 0.335 e. The van der Waals surface area contributed by atoms with Gasteiger partial charge in [0.05, 0.1) is 29.5 Å². The number of carboxylic acids is 1. The molecule has 136 valence electrons. The number of nitro groups is 1. The van der Waals surface area contributed by atoms with Gasteiger partial charge < -0.3 is 14.4 Å². The minimum Gasteiger partial charge on any atom is -0.494 e. The second kappa shape index (κ2) is 7.52. The number of hydrogen-bond donors (Lipinski definition) is 1. The van der Waals surface area contributed by atoms with Gasteiger partial charge in [-0.1, -0.05) is 0 Å². The number of ether oxygens (including phenoxy) is 1. The summed E-state index contributed by atoms with van der Waals surface area (Å²) in [4.78, 5) is 25.8. The Morgan fingerprint density at radius 1 is 1.22 bits per heavy atom. The van der Waals surface area contributed by atoms with Gasteiger partial charge >= 0.3 is 5.97 Å². The van der Waals surface area contributed by atoms with Gasteiger partial charge in [0.2, 0.25) is 0 Å². The first-order chi connectivity index (χ1) is 13.0. The fourth-order valence-corrected chi connectivity index (χ4v) is 2.53. The third-order valence-corrected chi connectivity index (χ3v) is 3.88. The lowest BCUT2D eigenvalue weighted by atomic mass is 10.2. The number of aliphatic imine (C=N–C) groups is 1. The minimum absolute atomic E-state index is 0.0809. The Bertz CT molecular complexity index is 1020. The fourth-order valence-electron chi connectivity index (χ4n) is 2.53. The van der Waals surface area contributed by atoms with Crippen LogP contribution in [0, 0.1) is 10.1 Å². The SMILES string of the molecule is COc1ccc([N+](=O)[O-])cc1N=Cc1cccn1-c1ccc(C(=O)O)cc1. The standard InChI is InChI=1S/C19H15N3O5/c1-27-18-9-8-15(22(25)26)11-17(18)20-12-16-3-2-10-21(16)14-6-4-13(5-7-14)19(23)24/h2-12H,1H3,(H,23,24). The average Bonchev–Trinajstić information content (AvgIpc) is 3.14. The zero-order chi connectivity index (χ0) is 19.4. The number of nitrogens with zero attached hydrogens (tertiary/aromatic N) is 3. The molecule has 2 aromatic carbocycles. The first kappa shape index (κ1) is 17.9. The first-order valence-electron chi connectivity index (χ1n) is 7.87. The lowest BCUT2D eigenvalue weighted by molar-refractivity contribution is -0.384. The molecule has 0 saturated heterocycles. The fraction of sp³-hybridized carbons (Fsp3) is 0.0526. The number of non-ortho nitro benzene ring substituents is 1. The van der Waals surface area contributed by atoms with Crippen molar-refractivity contribution in [3.05, 3.63) is 82.2 Å². The van der Waals surface area contributed by atoms with E-state index in [9.17, 15) is 14.9 Å². The van der Waals surface area contributed by atoms with Gasteiger partial charge in [-0.3, -0.25) is 15.1 Å². The van der Waals surface area contributed by atoms with Gasteiger partial charge in [-0.2, -0.15) is 0 Å². The maximum absolute atomic E-state index is 11.0. The van der Waals surface area contributed by atoms with Crippen LogP contribution in [-0.2, 0) is 0 Å². The molecule has 0 fully saturated rings. The highest BCUT2D eigenvalue weighted by molar-refractivity contribution is 5.88. The Morgan fingerprint density at radius 2 is 1.96 bits per heavy atom. The predicted molar refractivity (Wildman–Crippen MR) is 99.6 cm³/mol. The number of aromatic carboxylic acids is 1. The van der Waals surface area contributed by atoms with E-state index >= 15 is 0 Å². The van der Waals surface area contributed by atoms with Crippen molar-refractivity contribution in [3.8, 4) is 11.4 Å². The topological polar surface area (TPSA) is 107 Å². The summed E-state index contributed by atoms with van der Waals surface area (Å²) < 4.78 is 7.02. The highest BCUT2D eigenvalue weighted by Crippen LogP contribution is 2.31. The predicted octanol–water partition coefficient (Wildman–Crippen LogP) is 3.84. The second-order valence-electron chi connectivity index (χ2n) is 5.53. The molecule has 0 bridgehead atoms. The van der Waals surface area contributed by atoms with E-state index in [0.717, 1.165) is 5.69 Å². The second-order valence-corrected chi connectivity index (χ2v) is 5.53. The number of aromatic nitrogens is 1. The number of hydrogen-bond acceptors (Lipinski definition) is 5. The van der Waals surface area contributed by atoms with Crippen molar-refractivity contribution >= 4 is 23.6 Å². The van der Waals surface area contributed by atoms with E-state index in [2.05, 4.69) is 4.99 Å². The highest BCUT2D eigenvalue weighted by Gasteiger charge is 2.11. The van der Waals surface area contributed by atoms with Gasteiger partial charge in [-0.05, 0) is 42.5 Å². The summed E-state index contributed by atoms with van der Waals surface area (Å²) in [6.45, 7) is 0. The third kappa shape index (κ3) is 3.84. The van der Waals surface area contributed by atoms with Crippen LogP contribution in [0.5, 0.6) is 5.75 Å². The van der Waals surface area contributed by atoms with Crippen molar-refractivity contribution in [1.82, 2.24) is 4.57 Å². The molecule has 1 N–H and O–H groups in total. The molecule has 0 aliphatic heterocycles.